The smallest absolute Gasteiger partial charge is 0.416 e. The molecule has 2 bridgehead atoms. The van der Waals surface area contributed by atoms with E-state index in [0.717, 1.165) is 38.1 Å². The van der Waals surface area contributed by atoms with Gasteiger partial charge in [0.05, 0.1) is 5.56 Å². The lowest BCUT2D eigenvalue weighted by atomic mass is 9.72. The highest BCUT2D eigenvalue weighted by atomic mass is 19.4. The van der Waals surface area contributed by atoms with Crippen LogP contribution >= 0.6 is 0 Å². The summed E-state index contributed by atoms with van der Waals surface area (Å²) in [6, 6.07) is 5.67. The third-order valence-corrected chi connectivity index (χ3v) is 5.75. The van der Waals surface area contributed by atoms with Gasteiger partial charge in [-0.3, -0.25) is 0 Å². The number of alkyl halides is 3. The van der Waals surface area contributed by atoms with Gasteiger partial charge in [-0.2, -0.15) is 13.2 Å². The number of aliphatic carboxylic acids is 2. The number of benzene rings is 1. The SMILES string of the molecule is CN1CC2CC[C@H](N(C)C)C(C1)[C@@H]2Oc1cccc(C(F)(F)F)c1.O=C(O)/C=C/C(=O)O. The lowest BCUT2D eigenvalue weighted by Crippen LogP contribution is -2.60. The number of carbonyl (C=O) groups is 2. The fourth-order valence-electron chi connectivity index (χ4n) is 4.46. The molecular formula is C22H29F3N2O5. The fraction of sp³-hybridized carbons (Fsp3) is 0.545. The van der Waals surface area contributed by atoms with Gasteiger partial charge < -0.3 is 24.7 Å². The van der Waals surface area contributed by atoms with Gasteiger partial charge >= 0.3 is 18.1 Å². The molecule has 2 unspecified atom stereocenters. The zero-order valence-corrected chi connectivity index (χ0v) is 18.2. The van der Waals surface area contributed by atoms with E-state index >= 15 is 0 Å². The number of likely N-dealkylation sites (tertiary alicyclic amines) is 1. The summed E-state index contributed by atoms with van der Waals surface area (Å²) in [6.07, 6.45) is -1.07. The minimum atomic E-state index is -4.34. The van der Waals surface area contributed by atoms with Crippen LogP contribution in [0, 0.1) is 11.8 Å². The van der Waals surface area contributed by atoms with Crippen LogP contribution in [0.25, 0.3) is 0 Å². The lowest BCUT2D eigenvalue weighted by Gasteiger charge is -2.51. The van der Waals surface area contributed by atoms with E-state index in [2.05, 4.69) is 30.9 Å². The van der Waals surface area contributed by atoms with Gasteiger partial charge in [0.25, 0.3) is 0 Å². The van der Waals surface area contributed by atoms with Crippen LogP contribution in [0.4, 0.5) is 13.2 Å². The molecule has 0 radical (unpaired) electrons. The number of carboxylic acids is 2. The summed E-state index contributed by atoms with van der Waals surface area (Å²) in [6.45, 7) is 1.86. The van der Waals surface area contributed by atoms with E-state index in [1.165, 1.54) is 6.07 Å². The Labute approximate surface area is 185 Å². The quantitative estimate of drug-likeness (QED) is 0.656. The van der Waals surface area contributed by atoms with Crippen molar-refractivity contribution in [1.82, 2.24) is 9.80 Å². The molecule has 1 aliphatic heterocycles. The Morgan fingerprint density at radius 2 is 1.75 bits per heavy atom. The summed E-state index contributed by atoms with van der Waals surface area (Å²) >= 11 is 0. The molecule has 10 heteroatoms. The summed E-state index contributed by atoms with van der Waals surface area (Å²) in [5.41, 5.74) is -0.651. The maximum Gasteiger partial charge on any atom is 0.416 e. The van der Waals surface area contributed by atoms with E-state index in [0.29, 0.717) is 35.8 Å². The van der Waals surface area contributed by atoms with Gasteiger partial charge in [0.1, 0.15) is 11.9 Å². The van der Waals surface area contributed by atoms with Gasteiger partial charge in [-0.15, -0.1) is 0 Å². The second kappa shape index (κ2) is 10.8. The predicted molar refractivity (Wildman–Crippen MR) is 111 cm³/mol. The van der Waals surface area contributed by atoms with Crippen LogP contribution in [0.3, 0.4) is 0 Å². The Morgan fingerprint density at radius 3 is 2.28 bits per heavy atom. The first kappa shape index (κ1) is 25.7. The van der Waals surface area contributed by atoms with Crippen molar-refractivity contribution < 1.29 is 37.7 Å². The summed E-state index contributed by atoms with van der Waals surface area (Å²) in [4.78, 5) is 23.6. The molecule has 4 atom stereocenters. The van der Waals surface area contributed by atoms with Gasteiger partial charge in [-0.25, -0.2) is 9.59 Å². The molecule has 1 saturated heterocycles. The first-order valence-electron chi connectivity index (χ1n) is 10.2. The molecule has 3 rings (SSSR count). The average Bonchev–Trinajstić information content (AvgIpc) is 2.67. The second-order valence-electron chi connectivity index (χ2n) is 8.37. The summed E-state index contributed by atoms with van der Waals surface area (Å²) in [5, 5.41) is 15.6. The van der Waals surface area contributed by atoms with E-state index in [4.69, 9.17) is 14.9 Å². The first-order valence-corrected chi connectivity index (χ1v) is 10.2. The highest BCUT2D eigenvalue weighted by molar-refractivity contribution is 5.89. The highest BCUT2D eigenvalue weighted by Gasteiger charge is 2.46. The second-order valence-corrected chi connectivity index (χ2v) is 8.37. The van der Waals surface area contributed by atoms with Crippen molar-refractivity contribution in [1.29, 1.82) is 0 Å². The van der Waals surface area contributed by atoms with Crippen molar-refractivity contribution in [3.05, 3.63) is 42.0 Å². The number of piperidine rings is 1. The van der Waals surface area contributed by atoms with E-state index < -0.39 is 23.7 Å². The van der Waals surface area contributed by atoms with Crippen molar-refractivity contribution in [2.45, 2.75) is 31.2 Å². The fourth-order valence-corrected chi connectivity index (χ4v) is 4.46. The Morgan fingerprint density at radius 1 is 1.12 bits per heavy atom. The van der Waals surface area contributed by atoms with E-state index in [-0.39, 0.29) is 6.10 Å². The Kier molecular flexibility index (Phi) is 8.68. The van der Waals surface area contributed by atoms with Crippen LogP contribution in [-0.4, -0.2) is 78.3 Å². The van der Waals surface area contributed by atoms with E-state index in [9.17, 15) is 22.8 Å². The van der Waals surface area contributed by atoms with Crippen molar-refractivity contribution in [3.8, 4) is 5.75 Å². The van der Waals surface area contributed by atoms with Gasteiger partial charge in [-0.1, -0.05) is 6.07 Å². The number of carboxylic acid groups (broad SMARTS) is 2. The monoisotopic (exact) mass is 458 g/mol. The summed E-state index contributed by atoms with van der Waals surface area (Å²) in [5.74, 6) is -1.50. The number of fused-ring (bicyclic) bond motifs is 2. The Hall–Kier alpha value is -2.59. The van der Waals surface area contributed by atoms with Crippen LogP contribution in [0.2, 0.25) is 0 Å². The lowest BCUT2D eigenvalue weighted by molar-refractivity contribution is -0.138. The Balaban J connectivity index is 0.000000390. The van der Waals surface area contributed by atoms with Crippen LogP contribution in [0.1, 0.15) is 18.4 Å². The molecule has 32 heavy (non-hydrogen) atoms. The molecular weight excluding hydrogens is 429 g/mol. The van der Waals surface area contributed by atoms with Crippen molar-refractivity contribution in [2.75, 3.05) is 34.2 Å². The van der Waals surface area contributed by atoms with Crippen molar-refractivity contribution in [3.63, 3.8) is 0 Å². The normalized spacial score (nSPS) is 25.8. The number of halogens is 3. The third kappa shape index (κ3) is 7.23. The predicted octanol–water partition coefficient (Wildman–Crippen LogP) is 3.07. The number of ether oxygens (including phenoxy) is 1. The average molecular weight is 458 g/mol. The minimum absolute atomic E-state index is 0.0224. The van der Waals surface area contributed by atoms with Crippen LogP contribution in [0.15, 0.2) is 36.4 Å². The molecule has 178 valence electrons. The van der Waals surface area contributed by atoms with Gasteiger partial charge in [-0.05, 0) is 52.2 Å². The molecule has 2 fully saturated rings. The largest absolute Gasteiger partial charge is 0.490 e. The van der Waals surface area contributed by atoms with E-state index in [1.54, 1.807) is 6.07 Å². The number of hydrogen-bond acceptors (Lipinski definition) is 5. The summed E-state index contributed by atoms with van der Waals surface area (Å²) in [7, 11) is 6.25. The minimum Gasteiger partial charge on any atom is -0.490 e. The Bertz CT molecular complexity index is 812. The molecule has 0 aromatic heterocycles. The van der Waals surface area contributed by atoms with E-state index in [1.807, 2.05) is 0 Å². The van der Waals surface area contributed by atoms with Crippen LogP contribution in [0.5, 0.6) is 5.75 Å². The molecule has 1 aromatic carbocycles. The molecule has 0 amide bonds. The summed E-state index contributed by atoms with van der Waals surface area (Å²) < 4.78 is 44.9. The van der Waals surface area contributed by atoms with Crippen molar-refractivity contribution in [2.24, 2.45) is 11.8 Å². The number of hydrogen-bond donors (Lipinski definition) is 2. The molecule has 1 aromatic rings. The highest BCUT2D eigenvalue weighted by Crippen LogP contribution is 2.39. The van der Waals surface area contributed by atoms with Gasteiger partial charge in [0.15, 0.2) is 0 Å². The molecule has 1 saturated carbocycles. The molecule has 2 aliphatic rings. The van der Waals surface area contributed by atoms with Gasteiger partial charge in [0.2, 0.25) is 0 Å². The zero-order valence-electron chi connectivity index (χ0n) is 18.2. The molecule has 2 N–H and O–H groups in total. The van der Waals surface area contributed by atoms with Crippen LogP contribution < -0.4 is 4.74 Å². The van der Waals surface area contributed by atoms with Gasteiger partial charge in [0, 0.05) is 43.1 Å². The number of nitrogens with zero attached hydrogens (tertiary/aromatic N) is 2. The maximum absolute atomic E-state index is 12.9. The third-order valence-electron chi connectivity index (χ3n) is 5.75. The first-order chi connectivity index (χ1) is 14.9. The zero-order chi connectivity index (χ0) is 24.1. The number of rotatable bonds is 5. The standard InChI is InChI=1S/C18H25F3N2O.C4H4O4/c1-22(2)16-8-7-12-10-23(3)11-15(16)17(12)24-14-6-4-5-13(9-14)18(19,20)21;5-3(6)1-2-4(7)8/h4-6,9,12,15-17H,7-8,10-11H2,1-3H3;1-2H,(H,5,6)(H,7,8)/b;2-1+/t12?,15?,16-,17+;/m0./s1. The van der Waals surface area contributed by atoms with Crippen molar-refractivity contribution >= 4 is 11.9 Å². The van der Waals surface area contributed by atoms with Crippen LogP contribution in [-0.2, 0) is 15.8 Å². The molecule has 0 spiro atoms. The molecule has 7 nitrogen and oxygen atoms in total. The molecule has 1 heterocycles. The topological polar surface area (TPSA) is 90.3 Å². The maximum atomic E-state index is 12.9. The molecule has 1 aliphatic carbocycles.